The van der Waals surface area contributed by atoms with Crippen molar-refractivity contribution in [2.75, 3.05) is 7.11 Å². The van der Waals surface area contributed by atoms with Crippen molar-refractivity contribution in [1.29, 1.82) is 0 Å². The van der Waals surface area contributed by atoms with Gasteiger partial charge in [0.2, 0.25) is 11.5 Å². The van der Waals surface area contributed by atoms with Crippen LogP contribution in [-0.4, -0.2) is 27.5 Å². The van der Waals surface area contributed by atoms with Crippen LogP contribution in [0, 0.1) is 0 Å². The van der Waals surface area contributed by atoms with Crippen molar-refractivity contribution in [3.05, 3.63) is 95.1 Å². The van der Waals surface area contributed by atoms with Gasteiger partial charge in [-0.05, 0) is 77.6 Å². The molecule has 6 bridgehead atoms. The average Bonchev–Trinajstić information content (AvgIpc) is 2.88. The van der Waals surface area contributed by atoms with Crippen LogP contribution in [0.15, 0.2) is 72.8 Å². The van der Waals surface area contributed by atoms with Gasteiger partial charge in [-0.2, -0.15) is 0 Å². The zero-order chi connectivity index (χ0) is 25.2. The number of rotatable bonds is 1. The summed E-state index contributed by atoms with van der Waals surface area (Å²) in [6, 6.07) is 21.0. The van der Waals surface area contributed by atoms with Gasteiger partial charge in [0.05, 0.1) is 6.10 Å². The molecule has 0 saturated carbocycles. The Morgan fingerprint density at radius 2 is 1.53 bits per heavy atom. The summed E-state index contributed by atoms with van der Waals surface area (Å²) in [6.45, 7) is 0. The molecule has 2 aliphatic heterocycles. The number of methoxy groups -OCH3 is 1. The molecule has 6 rings (SSSR count). The first-order valence-corrected chi connectivity index (χ1v) is 11.6. The van der Waals surface area contributed by atoms with Crippen LogP contribution in [0.1, 0.15) is 28.4 Å². The number of aromatic hydroxyl groups is 4. The summed E-state index contributed by atoms with van der Waals surface area (Å²) in [5.41, 5.74) is 3.28. The van der Waals surface area contributed by atoms with E-state index in [0.29, 0.717) is 36.3 Å². The summed E-state index contributed by atoms with van der Waals surface area (Å²) in [6.07, 6.45) is 1.19. The van der Waals surface area contributed by atoms with Crippen molar-refractivity contribution in [3.8, 4) is 46.0 Å². The van der Waals surface area contributed by atoms with Gasteiger partial charge in [-0.3, -0.25) is 0 Å². The SMILES string of the molecule is CO[C@H]1Cc2cccc(c2)Oc2c(ccc(O)c2O)CCc2ccc(cc2)Oc2cc1cc(O)c2O. The number of phenolic OH excluding ortho intramolecular Hbond substituents is 4. The summed E-state index contributed by atoms with van der Waals surface area (Å²) in [5, 5.41) is 41.4. The van der Waals surface area contributed by atoms with Gasteiger partial charge in [-0.1, -0.05) is 30.3 Å². The van der Waals surface area contributed by atoms with Crippen molar-refractivity contribution in [2.24, 2.45) is 0 Å². The maximum absolute atomic E-state index is 10.6. The number of aryl methyl sites for hydroxylation is 2. The lowest BCUT2D eigenvalue weighted by Gasteiger charge is -2.19. The molecule has 4 N–H and O–H groups in total. The zero-order valence-electron chi connectivity index (χ0n) is 19.6. The molecule has 1 atom stereocenters. The Bertz CT molecular complexity index is 1400. The molecule has 36 heavy (non-hydrogen) atoms. The first-order valence-electron chi connectivity index (χ1n) is 11.6. The fourth-order valence-corrected chi connectivity index (χ4v) is 4.33. The van der Waals surface area contributed by atoms with E-state index in [1.807, 2.05) is 30.3 Å². The highest BCUT2D eigenvalue weighted by Crippen LogP contribution is 2.43. The van der Waals surface area contributed by atoms with E-state index in [-0.39, 0.29) is 34.5 Å². The van der Waals surface area contributed by atoms with Crippen LogP contribution in [-0.2, 0) is 24.0 Å². The average molecular weight is 487 g/mol. The van der Waals surface area contributed by atoms with E-state index >= 15 is 0 Å². The minimum Gasteiger partial charge on any atom is -0.504 e. The summed E-state index contributed by atoms with van der Waals surface area (Å²) in [4.78, 5) is 0. The second-order valence-electron chi connectivity index (χ2n) is 8.73. The second kappa shape index (κ2) is 9.71. The number of hydrogen-bond acceptors (Lipinski definition) is 7. The lowest BCUT2D eigenvalue weighted by molar-refractivity contribution is 0.103. The molecule has 0 radical (unpaired) electrons. The van der Waals surface area contributed by atoms with Gasteiger partial charge in [0.15, 0.2) is 23.0 Å². The topological polar surface area (TPSA) is 109 Å². The summed E-state index contributed by atoms with van der Waals surface area (Å²) < 4.78 is 17.7. The predicted octanol–water partition coefficient (Wildman–Crippen LogP) is 6.12. The van der Waals surface area contributed by atoms with Crippen LogP contribution in [0.4, 0.5) is 0 Å². The number of hydrogen-bond donors (Lipinski definition) is 4. The molecule has 184 valence electrons. The van der Waals surface area contributed by atoms with E-state index < -0.39 is 6.10 Å². The minimum absolute atomic E-state index is 0.127. The minimum atomic E-state index is -0.458. The molecule has 0 aromatic heterocycles. The van der Waals surface area contributed by atoms with E-state index in [1.165, 1.54) is 12.1 Å². The Morgan fingerprint density at radius 3 is 2.31 bits per heavy atom. The summed E-state index contributed by atoms with van der Waals surface area (Å²) >= 11 is 0. The molecule has 4 aromatic carbocycles. The van der Waals surface area contributed by atoms with Gasteiger partial charge < -0.3 is 34.6 Å². The number of phenols is 4. The van der Waals surface area contributed by atoms with Crippen LogP contribution in [0.5, 0.6) is 46.0 Å². The van der Waals surface area contributed by atoms with Gasteiger partial charge in [0.25, 0.3) is 0 Å². The Balaban J connectivity index is 1.61. The molecule has 0 amide bonds. The van der Waals surface area contributed by atoms with E-state index in [9.17, 15) is 20.4 Å². The summed E-state index contributed by atoms with van der Waals surface area (Å²) in [7, 11) is 1.57. The Kier molecular flexibility index (Phi) is 6.31. The number of fused-ring (bicyclic) bond motifs is 4. The van der Waals surface area contributed by atoms with Crippen LogP contribution >= 0.6 is 0 Å². The van der Waals surface area contributed by atoms with Gasteiger partial charge in [0.1, 0.15) is 11.5 Å². The van der Waals surface area contributed by atoms with E-state index in [0.717, 1.165) is 16.7 Å². The maximum atomic E-state index is 10.6. The van der Waals surface area contributed by atoms with Crippen LogP contribution in [0.3, 0.4) is 0 Å². The first-order chi connectivity index (χ1) is 17.4. The Labute approximate surface area is 208 Å². The second-order valence-corrected chi connectivity index (χ2v) is 8.73. The first kappa shape index (κ1) is 23.4. The molecule has 7 nitrogen and oxygen atoms in total. The van der Waals surface area contributed by atoms with E-state index in [2.05, 4.69) is 0 Å². The molecule has 2 heterocycles. The standard InChI is InChI=1S/C29H26O7/c1-34-25-14-18-3-2-4-22(13-18)36-29-19(9-12-23(30)28(29)33)8-5-17-6-10-21(11-7-17)35-26-16-20(25)15-24(31)27(26)32/h2-4,6-7,9-13,15-16,25,30-33H,5,8,14H2,1H3/t25-/m0/s1. The molecule has 0 aliphatic carbocycles. The molecule has 0 spiro atoms. The van der Waals surface area contributed by atoms with Crippen LogP contribution in [0.25, 0.3) is 0 Å². The third-order valence-electron chi connectivity index (χ3n) is 6.30. The Morgan fingerprint density at radius 1 is 0.722 bits per heavy atom. The highest BCUT2D eigenvalue weighted by Gasteiger charge is 2.20. The molecule has 2 aliphatic rings. The highest BCUT2D eigenvalue weighted by atomic mass is 16.5. The normalized spacial score (nSPS) is 15.2. The quantitative estimate of drug-likeness (QED) is 0.240. The van der Waals surface area contributed by atoms with Crippen molar-refractivity contribution in [3.63, 3.8) is 0 Å². The van der Waals surface area contributed by atoms with E-state index in [1.54, 1.807) is 37.4 Å². The van der Waals surface area contributed by atoms with Gasteiger partial charge in [0, 0.05) is 13.5 Å². The van der Waals surface area contributed by atoms with Crippen molar-refractivity contribution >= 4 is 0 Å². The molecule has 7 heteroatoms. The maximum Gasteiger partial charge on any atom is 0.201 e. The third-order valence-corrected chi connectivity index (χ3v) is 6.30. The summed E-state index contributed by atoms with van der Waals surface area (Å²) in [5.74, 6) is 0.120. The smallest absolute Gasteiger partial charge is 0.201 e. The third kappa shape index (κ3) is 4.74. The van der Waals surface area contributed by atoms with Gasteiger partial charge in [-0.25, -0.2) is 0 Å². The lowest BCUT2D eigenvalue weighted by atomic mass is 10.00. The van der Waals surface area contributed by atoms with Crippen molar-refractivity contribution < 1.29 is 34.6 Å². The monoisotopic (exact) mass is 486 g/mol. The molecule has 0 saturated heterocycles. The van der Waals surface area contributed by atoms with Gasteiger partial charge >= 0.3 is 0 Å². The van der Waals surface area contributed by atoms with Crippen molar-refractivity contribution in [2.45, 2.75) is 25.4 Å². The fraction of sp³-hybridized carbons (Fsp3) is 0.172. The lowest BCUT2D eigenvalue weighted by Crippen LogP contribution is -2.06. The van der Waals surface area contributed by atoms with Crippen LogP contribution < -0.4 is 9.47 Å². The fourth-order valence-electron chi connectivity index (χ4n) is 4.33. The molecule has 0 unspecified atom stereocenters. The largest absolute Gasteiger partial charge is 0.504 e. The zero-order valence-corrected chi connectivity index (χ0v) is 19.6. The Hall–Kier alpha value is -4.36. The number of ether oxygens (including phenoxy) is 3. The van der Waals surface area contributed by atoms with Gasteiger partial charge in [-0.15, -0.1) is 0 Å². The van der Waals surface area contributed by atoms with E-state index in [4.69, 9.17) is 14.2 Å². The molecule has 4 aromatic rings. The predicted molar refractivity (Wildman–Crippen MR) is 133 cm³/mol. The van der Waals surface area contributed by atoms with Crippen molar-refractivity contribution in [1.82, 2.24) is 0 Å². The molecular weight excluding hydrogens is 460 g/mol. The highest BCUT2D eigenvalue weighted by molar-refractivity contribution is 5.56. The molecule has 0 fully saturated rings. The van der Waals surface area contributed by atoms with Crippen LogP contribution in [0.2, 0.25) is 0 Å². The molecular formula is C29H26O7. The number of benzene rings is 4.